The predicted molar refractivity (Wildman–Crippen MR) is 147 cm³/mol. The van der Waals surface area contributed by atoms with Crippen molar-refractivity contribution >= 4 is 11.7 Å². The van der Waals surface area contributed by atoms with E-state index in [2.05, 4.69) is 27.0 Å². The number of unbranched alkanes of at least 4 members (excludes halogenated alkanes) is 13. The van der Waals surface area contributed by atoms with Crippen LogP contribution in [-0.4, -0.2) is 66.8 Å². The molecule has 1 aliphatic heterocycles. The molecule has 0 bridgehead atoms. The molecule has 0 unspecified atom stereocenters. The molecule has 35 heavy (non-hydrogen) atoms. The average Bonchev–Trinajstić information content (AvgIpc) is 2.89. The fourth-order valence-electron chi connectivity index (χ4n) is 4.89. The van der Waals surface area contributed by atoms with Crippen LogP contribution in [0.5, 0.6) is 0 Å². The van der Waals surface area contributed by atoms with Gasteiger partial charge in [0.1, 0.15) is 5.82 Å². The van der Waals surface area contributed by atoms with Gasteiger partial charge in [-0.05, 0) is 37.9 Å². The Balaban J connectivity index is 1.42. The largest absolute Gasteiger partial charge is 0.396 e. The fourth-order valence-corrected chi connectivity index (χ4v) is 4.89. The van der Waals surface area contributed by atoms with Gasteiger partial charge in [-0.1, -0.05) is 84.0 Å². The molecule has 2 heterocycles. The zero-order chi connectivity index (χ0) is 25.0. The van der Waals surface area contributed by atoms with E-state index in [1.807, 2.05) is 12.1 Å². The van der Waals surface area contributed by atoms with Crippen LogP contribution in [0, 0.1) is 0 Å². The Morgan fingerprint density at radius 2 is 1.37 bits per heavy atom. The number of hydrogen-bond acceptors (Lipinski definition) is 5. The van der Waals surface area contributed by atoms with Crippen LogP contribution < -0.4 is 10.2 Å². The number of aromatic nitrogens is 1. The molecule has 200 valence electrons. The Kier molecular flexibility index (Phi) is 16.5. The summed E-state index contributed by atoms with van der Waals surface area (Å²) in [5.74, 6) is 0.970. The highest BCUT2D eigenvalue weighted by Crippen LogP contribution is 2.15. The Labute approximate surface area is 214 Å². The van der Waals surface area contributed by atoms with Crippen molar-refractivity contribution in [3.05, 3.63) is 23.9 Å². The molecule has 1 aromatic heterocycles. The summed E-state index contributed by atoms with van der Waals surface area (Å²) < 4.78 is 0. The van der Waals surface area contributed by atoms with Crippen molar-refractivity contribution in [2.75, 3.05) is 50.8 Å². The molecule has 2 rings (SSSR count). The summed E-state index contributed by atoms with van der Waals surface area (Å²) >= 11 is 0. The molecule has 6 heteroatoms. The van der Waals surface area contributed by atoms with Crippen LogP contribution in [0.15, 0.2) is 18.3 Å². The number of carbonyl (C=O) groups is 1. The van der Waals surface area contributed by atoms with Gasteiger partial charge in [-0.15, -0.1) is 0 Å². The number of nitrogens with zero attached hydrogens (tertiary/aromatic N) is 3. The molecule has 0 atom stereocenters. The van der Waals surface area contributed by atoms with Gasteiger partial charge >= 0.3 is 0 Å². The number of nitrogens with one attached hydrogen (secondary N) is 1. The SMILES string of the molecule is CCCN1CCN(c2ccc(C(=O)NCCCCCCCCCCCCCCCCO)cn2)CC1. The van der Waals surface area contributed by atoms with Crippen LogP contribution in [0.4, 0.5) is 5.82 Å². The van der Waals surface area contributed by atoms with Crippen LogP contribution in [0.25, 0.3) is 0 Å². The summed E-state index contributed by atoms with van der Waals surface area (Å²) in [6.45, 7) is 8.69. The third-order valence-corrected chi connectivity index (χ3v) is 7.12. The van der Waals surface area contributed by atoms with Gasteiger partial charge in [0.2, 0.25) is 0 Å². The van der Waals surface area contributed by atoms with E-state index < -0.39 is 0 Å². The molecule has 0 saturated carbocycles. The van der Waals surface area contributed by atoms with Crippen molar-refractivity contribution in [1.29, 1.82) is 0 Å². The lowest BCUT2D eigenvalue weighted by molar-refractivity contribution is 0.0952. The number of rotatable bonds is 20. The fraction of sp³-hybridized carbons (Fsp3) is 0.793. The Morgan fingerprint density at radius 3 is 1.86 bits per heavy atom. The first-order valence-electron chi connectivity index (χ1n) is 14.6. The number of hydrogen-bond donors (Lipinski definition) is 2. The highest BCUT2D eigenvalue weighted by Gasteiger charge is 2.17. The monoisotopic (exact) mass is 488 g/mol. The van der Waals surface area contributed by atoms with Gasteiger partial charge in [0, 0.05) is 45.5 Å². The van der Waals surface area contributed by atoms with Crippen molar-refractivity contribution in [1.82, 2.24) is 15.2 Å². The third kappa shape index (κ3) is 13.3. The Hall–Kier alpha value is -1.66. The van der Waals surface area contributed by atoms with E-state index in [9.17, 15) is 4.79 Å². The van der Waals surface area contributed by atoms with Crippen LogP contribution in [0.1, 0.15) is 114 Å². The van der Waals surface area contributed by atoms with Crippen molar-refractivity contribution < 1.29 is 9.90 Å². The highest BCUT2D eigenvalue weighted by atomic mass is 16.2. The molecule has 2 N–H and O–H groups in total. The van der Waals surface area contributed by atoms with Crippen molar-refractivity contribution in [2.45, 2.75) is 103 Å². The lowest BCUT2D eigenvalue weighted by Crippen LogP contribution is -2.46. The van der Waals surface area contributed by atoms with Crippen molar-refractivity contribution in [2.24, 2.45) is 0 Å². The second-order valence-electron chi connectivity index (χ2n) is 10.2. The molecular weight excluding hydrogens is 436 g/mol. The molecule has 1 amide bonds. The molecule has 1 aliphatic rings. The van der Waals surface area contributed by atoms with Gasteiger partial charge in [-0.25, -0.2) is 4.98 Å². The highest BCUT2D eigenvalue weighted by molar-refractivity contribution is 5.94. The van der Waals surface area contributed by atoms with Gasteiger partial charge in [0.25, 0.3) is 5.91 Å². The minimum Gasteiger partial charge on any atom is -0.396 e. The topological polar surface area (TPSA) is 68.7 Å². The molecule has 0 radical (unpaired) electrons. The number of pyridine rings is 1. The van der Waals surface area contributed by atoms with E-state index in [4.69, 9.17) is 5.11 Å². The van der Waals surface area contributed by atoms with Crippen LogP contribution in [0.3, 0.4) is 0 Å². The number of amides is 1. The molecular formula is C29H52N4O2. The number of anilines is 1. The normalized spacial score (nSPS) is 14.4. The molecule has 0 aliphatic carbocycles. The van der Waals surface area contributed by atoms with Crippen LogP contribution in [-0.2, 0) is 0 Å². The van der Waals surface area contributed by atoms with E-state index in [0.717, 1.165) is 51.4 Å². The van der Waals surface area contributed by atoms with Gasteiger partial charge in [-0.3, -0.25) is 9.69 Å². The van der Waals surface area contributed by atoms with E-state index >= 15 is 0 Å². The summed E-state index contributed by atoms with van der Waals surface area (Å²) in [4.78, 5) is 21.8. The Bertz CT molecular complexity index is 645. The summed E-state index contributed by atoms with van der Waals surface area (Å²) in [5.41, 5.74) is 0.656. The number of aliphatic hydroxyl groups is 1. The van der Waals surface area contributed by atoms with Crippen LogP contribution >= 0.6 is 0 Å². The molecule has 1 aromatic rings. The number of piperazine rings is 1. The second kappa shape index (κ2) is 19.5. The Morgan fingerprint density at radius 1 is 0.829 bits per heavy atom. The van der Waals surface area contributed by atoms with E-state index in [0.29, 0.717) is 12.2 Å². The minimum atomic E-state index is -0.00906. The third-order valence-electron chi connectivity index (χ3n) is 7.12. The maximum absolute atomic E-state index is 12.4. The smallest absolute Gasteiger partial charge is 0.252 e. The van der Waals surface area contributed by atoms with Gasteiger partial charge < -0.3 is 15.3 Å². The molecule has 6 nitrogen and oxygen atoms in total. The quantitative estimate of drug-likeness (QED) is 0.227. The lowest BCUT2D eigenvalue weighted by atomic mass is 10.0. The molecule has 0 spiro atoms. The minimum absolute atomic E-state index is 0.00906. The van der Waals surface area contributed by atoms with Gasteiger partial charge in [-0.2, -0.15) is 0 Å². The first kappa shape index (κ1) is 29.6. The maximum Gasteiger partial charge on any atom is 0.252 e. The van der Waals surface area contributed by atoms with E-state index in [-0.39, 0.29) is 5.91 Å². The van der Waals surface area contributed by atoms with Gasteiger partial charge in [0.05, 0.1) is 5.56 Å². The molecule has 1 saturated heterocycles. The predicted octanol–water partition coefficient (Wildman–Crippen LogP) is 5.80. The van der Waals surface area contributed by atoms with Crippen molar-refractivity contribution in [3.63, 3.8) is 0 Å². The lowest BCUT2D eigenvalue weighted by Gasteiger charge is -2.35. The summed E-state index contributed by atoms with van der Waals surface area (Å²) in [5, 5.41) is 11.8. The van der Waals surface area contributed by atoms with Crippen LogP contribution in [0.2, 0.25) is 0 Å². The van der Waals surface area contributed by atoms with E-state index in [1.54, 1.807) is 6.20 Å². The van der Waals surface area contributed by atoms with E-state index in [1.165, 1.54) is 90.0 Å². The molecule has 0 aromatic carbocycles. The number of aliphatic hydroxyl groups excluding tert-OH is 1. The summed E-state index contributed by atoms with van der Waals surface area (Å²) in [6, 6.07) is 3.90. The summed E-state index contributed by atoms with van der Waals surface area (Å²) in [6.07, 6.45) is 20.7. The maximum atomic E-state index is 12.4. The second-order valence-corrected chi connectivity index (χ2v) is 10.2. The zero-order valence-electron chi connectivity index (χ0n) is 22.5. The molecule has 1 fully saturated rings. The standard InChI is InChI=1S/C29H52N4O2/c1-2-20-32-21-23-33(24-22-32)28-18-17-27(26-31-28)29(35)30-19-15-13-11-9-7-5-3-4-6-8-10-12-14-16-25-34/h17-18,26,34H,2-16,19-25H2,1H3,(H,30,35). The zero-order valence-corrected chi connectivity index (χ0v) is 22.5. The average molecular weight is 489 g/mol. The first-order chi connectivity index (χ1) is 17.2. The number of carbonyl (C=O) groups excluding carboxylic acids is 1. The summed E-state index contributed by atoms with van der Waals surface area (Å²) in [7, 11) is 0. The first-order valence-corrected chi connectivity index (χ1v) is 14.6. The van der Waals surface area contributed by atoms with Gasteiger partial charge in [0.15, 0.2) is 0 Å². The van der Waals surface area contributed by atoms with Crippen molar-refractivity contribution in [3.8, 4) is 0 Å².